The van der Waals surface area contributed by atoms with Crippen LogP contribution in [-0.4, -0.2) is 30.8 Å². The minimum atomic E-state index is -0.102. The number of ketones is 1. The van der Waals surface area contributed by atoms with Gasteiger partial charge in [-0.25, -0.2) is 0 Å². The van der Waals surface area contributed by atoms with E-state index in [-0.39, 0.29) is 11.8 Å². The predicted octanol–water partition coefficient (Wildman–Crippen LogP) is 1.33. The highest BCUT2D eigenvalue weighted by Crippen LogP contribution is 2.15. The van der Waals surface area contributed by atoms with E-state index in [0.29, 0.717) is 0 Å². The highest BCUT2D eigenvalue weighted by Gasteiger charge is 2.18. The molecule has 0 heterocycles. The average Bonchev–Trinajstić information content (AvgIpc) is 1.94. The maximum atomic E-state index is 11.2. The highest BCUT2D eigenvalue weighted by molar-refractivity contribution is 9.11. The molecule has 11 heavy (non-hydrogen) atoms. The Balaban J connectivity index is 2.82. The Bertz CT molecular complexity index is 230. The second-order valence-electron chi connectivity index (χ2n) is 2.70. The first kappa shape index (κ1) is 8.68. The fraction of sp³-hybridized carbons (Fsp3) is 0.375. The van der Waals surface area contributed by atoms with Crippen LogP contribution in [0.2, 0.25) is 0 Å². The Morgan fingerprint density at radius 1 is 1.45 bits per heavy atom. The molecule has 0 aromatic rings. The van der Waals surface area contributed by atoms with E-state index in [0.717, 1.165) is 4.48 Å². The van der Waals surface area contributed by atoms with Crippen LogP contribution in [0.3, 0.4) is 0 Å². The zero-order valence-electron chi connectivity index (χ0n) is 6.54. The molecular formula is C8H10BrNO. The van der Waals surface area contributed by atoms with Gasteiger partial charge in [-0.1, -0.05) is 15.9 Å². The van der Waals surface area contributed by atoms with E-state index < -0.39 is 0 Å². The van der Waals surface area contributed by atoms with Gasteiger partial charge in [0.25, 0.3) is 0 Å². The predicted molar refractivity (Wildman–Crippen MR) is 48.6 cm³/mol. The Hall–Kier alpha value is -0.410. The lowest BCUT2D eigenvalue weighted by Crippen LogP contribution is -2.34. The molecule has 1 aliphatic carbocycles. The molecule has 1 rings (SSSR count). The zero-order valence-corrected chi connectivity index (χ0v) is 8.13. The molecule has 0 saturated heterocycles. The van der Waals surface area contributed by atoms with Crippen molar-refractivity contribution in [2.75, 3.05) is 14.1 Å². The first-order valence-electron chi connectivity index (χ1n) is 3.37. The summed E-state index contributed by atoms with van der Waals surface area (Å²) in [5.41, 5.74) is 0. The van der Waals surface area contributed by atoms with Crippen LogP contribution in [0.25, 0.3) is 0 Å². The molecule has 2 nitrogen and oxygen atoms in total. The number of allylic oxidation sites excluding steroid dienone is 2. The Morgan fingerprint density at radius 2 is 2.09 bits per heavy atom. The summed E-state index contributed by atoms with van der Waals surface area (Å²) in [6.45, 7) is 0. The molecule has 1 unspecified atom stereocenters. The molecule has 0 spiro atoms. The van der Waals surface area contributed by atoms with Gasteiger partial charge in [-0.05, 0) is 32.3 Å². The molecule has 0 amide bonds. The fourth-order valence-electron chi connectivity index (χ4n) is 0.952. The summed E-state index contributed by atoms with van der Waals surface area (Å²) in [5, 5.41) is 0. The number of rotatable bonds is 1. The SMILES string of the molecule is CN(C)C1C=C(Br)C=CC1=O. The minimum Gasteiger partial charge on any atom is -0.296 e. The smallest absolute Gasteiger partial charge is 0.176 e. The number of halogens is 1. The molecule has 1 atom stereocenters. The number of carbonyl (C=O) groups is 1. The summed E-state index contributed by atoms with van der Waals surface area (Å²) in [4.78, 5) is 13.1. The Morgan fingerprint density at radius 3 is 2.55 bits per heavy atom. The van der Waals surface area contributed by atoms with Gasteiger partial charge >= 0.3 is 0 Å². The number of nitrogens with zero attached hydrogens (tertiary/aromatic N) is 1. The van der Waals surface area contributed by atoms with E-state index in [9.17, 15) is 4.79 Å². The zero-order chi connectivity index (χ0) is 8.43. The van der Waals surface area contributed by atoms with Crippen molar-refractivity contribution < 1.29 is 4.79 Å². The van der Waals surface area contributed by atoms with Gasteiger partial charge in [0.05, 0.1) is 6.04 Å². The summed E-state index contributed by atoms with van der Waals surface area (Å²) in [7, 11) is 3.77. The fourth-order valence-corrected chi connectivity index (χ4v) is 1.33. The molecule has 1 aliphatic rings. The molecule has 60 valence electrons. The molecule has 0 radical (unpaired) electrons. The maximum Gasteiger partial charge on any atom is 0.176 e. The molecular weight excluding hydrogens is 206 g/mol. The summed E-state index contributed by atoms with van der Waals surface area (Å²) >= 11 is 3.32. The van der Waals surface area contributed by atoms with Gasteiger partial charge in [-0.15, -0.1) is 0 Å². The van der Waals surface area contributed by atoms with Gasteiger partial charge < -0.3 is 0 Å². The van der Waals surface area contributed by atoms with E-state index >= 15 is 0 Å². The molecule has 0 fully saturated rings. The van der Waals surface area contributed by atoms with E-state index in [1.807, 2.05) is 25.1 Å². The third-order valence-electron chi connectivity index (χ3n) is 1.57. The topological polar surface area (TPSA) is 20.3 Å². The van der Waals surface area contributed by atoms with Crippen LogP contribution in [-0.2, 0) is 4.79 Å². The molecule has 3 heteroatoms. The monoisotopic (exact) mass is 215 g/mol. The second-order valence-corrected chi connectivity index (χ2v) is 3.61. The first-order chi connectivity index (χ1) is 5.11. The van der Waals surface area contributed by atoms with Crippen molar-refractivity contribution in [3.8, 4) is 0 Å². The number of hydrogen-bond acceptors (Lipinski definition) is 2. The minimum absolute atomic E-state index is 0.102. The largest absolute Gasteiger partial charge is 0.296 e. The van der Waals surface area contributed by atoms with Crippen LogP contribution < -0.4 is 0 Å². The van der Waals surface area contributed by atoms with Crippen molar-refractivity contribution in [3.05, 3.63) is 22.7 Å². The van der Waals surface area contributed by atoms with Crippen molar-refractivity contribution in [3.63, 3.8) is 0 Å². The van der Waals surface area contributed by atoms with Gasteiger partial charge in [-0.3, -0.25) is 9.69 Å². The quantitative estimate of drug-likeness (QED) is 0.659. The van der Waals surface area contributed by atoms with Gasteiger partial charge in [0.2, 0.25) is 0 Å². The van der Waals surface area contributed by atoms with Gasteiger partial charge in [0, 0.05) is 4.48 Å². The second kappa shape index (κ2) is 3.32. The van der Waals surface area contributed by atoms with Gasteiger partial charge in [0.1, 0.15) is 0 Å². The standard InChI is InChI=1S/C8H10BrNO/c1-10(2)7-5-6(9)3-4-8(7)11/h3-5,7H,1-2H3. The molecule has 0 aliphatic heterocycles. The van der Waals surface area contributed by atoms with E-state index in [1.54, 1.807) is 12.2 Å². The summed E-state index contributed by atoms with van der Waals surface area (Å²) in [6.07, 6.45) is 5.25. The number of likely N-dealkylation sites (N-methyl/N-ethyl adjacent to an activating group) is 1. The third kappa shape index (κ3) is 2.01. The average molecular weight is 216 g/mol. The van der Waals surface area contributed by atoms with E-state index in [2.05, 4.69) is 15.9 Å². The van der Waals surface area contributed by atoms with Crippen molar-refractivity contribution >= 4 is 21.7 Å². The van der Waals surface area contributed by atoms with Crippen LogP contribution in [0.1, 0.15) is 0 Å². The Labute approximate surface area is 74.7 Å². The highest BCUT2D eigenvalue weighted by atomic mass is 79.9. The lowest BCUT2D eigenvalue weighted by molar-refractivity contribution is -0.117. The molecule has 0 N–H and O–H groups in total. The third-order valence-corrected chi connectivity index (χ3v) is 2.10. The van der Waals surface area contributed by atoms with Gasteiger partial charge in [0.15, 0.2) is 5.78 Å². The van der Waals surface area contributed by atoms with E-state index in [1.165, 1.54) is 0 Å². The molecule has 0 saturated carbocycles. The van der Waals surface area contributed by atoms with Crippen molar-refractivity contribution in [1.29, 1.82) is 0 Å². The Kier molecular flexibility index (Phi) is 2.62. The first-order valence-corrected chi connectivity index (χ1v) is 4.16. The number of carbonyl (C=O) groups excluding carboxylic acids is 1. The van der Waals surface area contributed by atoms with Crippen LogP contribution in [0.5, 0.6) is 0 Å². The van der Waals surface area contributed by atoms with Crippen LogP contribution in [0, 0.1) is 0 Å². The van der Waals surface area contributed by atoms with Crippen molar-refractivity contribution in [2.24, 2.45) is 0 Å². The van der Waals surface area contributed by atoms with E-state index in [4.69, 9.17) is 0 Å². The molecule has 0 aromatic heterocycles. The molecule has 0 bridgehead atoms. The van der Waals surface area contributed by atoms with Crippen LogP contribution >= 0.6 is 15.9 Å². The normalized spacial score (nSPS) is 24.2. The lowest BCUT2D eigenvalue weighted by atomic mass is 10.1. The molecule has 0 aromatic carbocycles. The van der Waals surface area contributed by atoms with Crippen LogP contribution in [0.4, 0.5) is 0 Å². The summed E-state index contributed by atoms with van der Waals surface area (Å²) in [6, 6.07) is -0.102. The number of hydrogen-bond donors (Lipinski definition) is 0. The summed E-state index contributed by atoms with van der Waals surface area (Å²) in [5.74, 6) is 0.137. The van der Waals surface area contributed by atoms with Crippen LogP contribution in [0.15, 0.2) is 22.7 Å². The maximum absolute atomic E-state index is 11.2. The lowest BCUT2D eigenvalue weighted by Gasteiger charge is -2.20. The summed E-state index contributed by atoms with van der Waals surface area (Å²) < 4.78 is 0.968. The van der Waals surface area contributed by atoms with Crippen molar-refractivity contribution in [2.45, 2.75) is 6.04 Å². The van der Waals surface area contributed by atoms with Gasteiger partial charge in [-0.2, -0.15) is 0 Å². The van der Waals surface area contributed by atoms with Crippen molar-refractivity contribution in [1.82, 2.24) is 4.90 Å².